The lowest BCUT2D eigenvalue weighted by molar-refractivity contribution is -0.130. The molecule has 98 valence electrons. The Hall–Kier alpha value is -0.610. The molecule has 0 aromatic carbocycles. The molecule has 2 heterocycles. The van der Waals surface area contributed by atoms with Crippen LogP contribution in [0.1, 0.15) is 39.5 Å². The van der Waals surface area contributed by atoms with Crippen LogP contribution in [-0.4, -0.2) is 42.8 Å². The van der Waals surface area contributed by atoms with E-state index in [1.54, 1.807) is 0 Å². The Kier molecular flexibility index (Phi) is 4.40. The average Bonchev–Trinajstić information content (AvgIpc) is 2.62. The summed E-state index contributed by atoms with van der Waals surface area (Å²) in [4.78, 5) is 13.8. The van der Waals surface area contributed by atoms with Crippen molar-refractivity contribution < 1.29 is 9.53 Å². The van der Waals surface area contributed by atoms with Gasteiger partial charge in [0.1, 0.15) is 0 Å². The van der Waals surface area contributed by atoms with Gasteiger partial charge < -0.3 is 9.64 Å². The Morgan fingerprint density at radius 3 is 2.94 bits per heavy atom. The van der Waals surface area contributed by atoms with E-state index in [1.165, 1.54) is 6.42 Å². The number of ether oxygens (including phenoxy) is 1. The minimum absolute atomic E-state index is 0.216. The van der Waals surface area contributed by atoms with Crippen LogP contribution in [0.5, 0.6) is 0 Å². The van der Waals surface area contributed by atoms with E-state index in [-0.39, 0.29) is 18.2 Å². The van der Waals surface area contributed by atoms with Crippen molar-refractivity contribution in [3.05, 3.63) is 0 Å². The maximum atomic E-state index is 11.8. The van der Waals surface area contributed by atoms with Crippen LogP contribution in [-0.2, 0) is 9.53 Å². The number of amides is 1. The van der Waals surface area contributed by atoms with Crippen LogP contribution in [0.4, 0.5) is 0 Å². The molecule has 2 saturated heterocycles. The highest BCUT2D eigenvalue weighted by Gasteiger charge is 2.32. The second kappa shape index (κ2) is 5.83. The second-order valence-electron chi connectivity index (χ2n) is 5.56. The van der Waals surface area contributed by atoms with E-state index in [0.29, 0.717) is 12.5 Å². The summed E-state index contributed by atoms with van der Waals surface area (Å²) in [6.45, 7) is 6.50. The number of rotatable bonds is 4. The Balaban J connectivity index is 1.88. The summed E-state index contributed by atoms with van der Waals surface area (Å²) in [6, 6.07) is 0. The number of hydrogen-bond acceptors (Lipinski definition) is 3. The van der Waals surface area contributed by atoms with Crippen molar-refractivity contribution in [2.24, 2.45) is 5.92 Å². The molecule has 0 bridgehead atoms. The van der Waals surface area contributed by atoms with Gasteiger partial charge in [0, 0.05) is 13.2 Å². The fraction of sp³-hybridized carbons (Fsp3) is 0.923. The molecule has 2 unspecified atom stereocenters. The minimum atomic E-state index is 0.216. The number of nitrogens with zero attached hydrogens (tertiary/aromatic N) is 1. The summed E-state index contributed by atoms with van der Waals surface area (Å²) in [5.41, 5.74) is 0. The van der Waals surface area contributed by atoms with E-state index in [1.807, 2.05) is 4.90 Å². The lowest BCUT2D eigenvalue weighted by Crippen LogP contribution is -2.44. The van der Waals surface area contributed by atoms with Crippen LogP contribution >= 0.6 is 0 Å². The number of hydrogen-bond donors (Lipinski definition) is 1. The van der Waals surface area contributed by atoms with Gasteiger partial charge >= 0.3 is 0 Å². The zero-order valence-corrected chi connectivity index (χ0v) is 10.9. The Morgan fingerprint density at radius 1 is 1.47 bits per heavy atom. The van der Waals surface area contributed by atoms with Gasteiger partial charge in [-0.3, -0.25) is 10.1 Å². The van der Waals surface area contributed by atoms with Gasteiger partial charge in [-0.15, -0.1) is 0 Å². The van der Waals surface area contributed by atoms with E-state index < -0.39 is 0 Å². The van der Waals surface area contributed by atoms with Crippen molar-refractivity contribution >= 4 is 5.91 Å². The highest BCUT2D eigenvalue weighted by atomic mass is 16.5. The van der Waals surface area contributed by atoms with Crippen molar-refractivity contribution in [3.63, 3.8) is 0 Å². The largest absolute Gasteiger partial charge is 0.376 e. The van der Waals surface area contributed by atoms with Crippen molar-refractivity contribution in [2.45, 2.75) is 51.8 Å². The highest BCUT2D eigenvalue weighted by molar-refractivity contribution is 5.80. The van der Waals surface area contributed by atoms with Crippen molar-refractivity contribution in [1.29, 1.82) is 0 Å². The summed E-state index contributed by atoms with van der Waals surface area (Å²) in [7, 11) is 0. The highest BCUT2D eigenvalue weighted by Crippen LogP contribution is 2.19. The number of carbonyl (C=O) groups excluding carboxylic acids is 1. The van der Waals surface area contributed by atoms with Gasteiger partial charge in [-0.1, -0.05) is 13.8 Å². The summed E-state index contributed by atoms with van der Waals surface area (Å²) >= 11 is 0. The molecule has 2 aliphatic heterocycles. The maximum Gasteiger partial charge on any atom is 0.237 e. The molecule has 0 spiro atoms. The van der Waals surface area contributed by atoms with Gasteiger partial charge in [-0.25, -0.2) is 0 Å². The monoisotopic (exact) mass is 240 g/mol. The lowest BCUT2D eigenvalue weighted by Gasteiger charge is -2.31. The third kappa shape index (κ3) is 3.42. The van der Waals surface area contributed by atoms with Crippen LogP contribution in [0, 0.1) is 5.92 Å². The van der Waals surface area contributed by atoms with Crippen LogP contribution in [0.15, 0.2) is 0 Å². The molecule has 0 saturated carbocycles. The molecular weight excluding hydrogens is 216 g/mol. The molecule has 2 atom stereocenters. The number of carbonyl (C=O) groups is 1. The third-order valence-corrected chi connectivity index (χ3v) is 3.55. The second-order valence-corrected chi connectivity index (χ2v) is 5.56. The Bertz CT molecular complexity index is 262. The van der Waals surface area contributed by atoms with Crippen molar-refractivity contribution in [2.75, 3.05) is 19.7 Å². The van der Waals surface area contributed by atoms with E-state index in [9.17, 15) is 4.79 Å². The average molecular weight is 240 g/mol. The molecule has 2 rings (SSSR count). The normalized spacial score (nSPS) is 30.3. The standard InChI is InChI=1S/C13H24N2O2/c1-10(2)7-12-14-8-13(16)15(12)9-11-5-3-4-6-17-11/h10-12,14H,3-9H2,1-2H3. The smallest absolute Gasteiger partial charge is 0.237 e. The topological polar surface area (TPSA) is 41.6 Å². The van der Waals surface area contributed by atoms with Crippen molar-refractivity contribution in [1.82, 2.24) is 10.2 Å². The molecule has 4 heteroatoms. The molecule has 1 amide bonds. The first kappa shape index (κ1) is 12.8. The van der Waals surface area contributed by atoms with Gasteiger partial charge in [-0.05, 0) is 31.6 Å². The quantitative estimate of drug-likeness (QED) is 0.806. The maximum absolute atomic E-state index is 11.8. The predicted molar refractivity (Wildman–Crippen MR) is 66.5 cm³/mol. The van der Waals surface area contributed by atoms with Gasteiger partial charge in [0.2, 0.25) is 5.91 Å². The van der Waals surface area contributed by atoms with Crippen LogP contribution < -0.4 is 5.32 Å². The first-order chi connectivity index (χ1) is 8.16. The minimum Gasteiger partial charge on any atom is -0.376 e. The summed E-state index contributed by atoms with van der Waals surface area (Å²) in [6.07, 6.45) is 4.99. The molecule has 0 aliphatic carbocycles. The SMILES string of the molecule is CC(C)CC1NCC(=O)N1CC1CCCCO1. The Morgan fingerprint density at radius 2 is 2.29 bits per heavy atom. The fourth-order valence-electron chi connectivity index (χ4n) is 2.65. The van der Waals surface area contributed by atoms with E-state index in [4.69, 9.17) is 4.74 Å². The molecule has 1 N–H and O–H groups in total. The molecule has 0 aromatic heterocycles. The first-order valence-electron chi connectivity index (χ1n) is 6.81. The van der Waals surface area contributed by atoms with Crippen molar-refractivity contribution in [3.8, 4) is 0 Å². The van der Waals surface area contributed by atoms with Gasteiger partial charge in [0.05, 0.1) is 18.8 Å². The first-order valence-corrected chi connectivity index (χ1v) is 6.81. The molecule has 0 aromatic rings. The molecule has 2 fully saturated rings. The molecular formula is C13H24N2O2. The third-order valence-electron chi connectivity index (χ3n) is 3.55. The molecule has 17 heavy (non-hydrogen) atoms. The van der Waals surface area contributed by atoms with E-state index in [0.717, 1.165) is 32.4 Å². The summed E-state index contributed by atoms with van der Waals surface area (Å²) in [5.74, 6) is 0.831. The zero-order chi connectivity index (χ0) is 12.3. The fourth-order valence-corrected chi connectivity index (χ4v) is 2.65. The zero-order valence-electron chi connectivity index (χ0n) is 10.9. The van der Waals surface area contributed by atoms with Gasteiger partial charge in [0.15, 0.2) is 0 Å². The number of nitrogens with one attached hydrogen (secondary N) is 1. The van der Waals surface area contributed by atoms with E-state index >= 15 is 0 Å². The van der Waals surface area contributed by atoms with E-state index in [2.05, 4.69) is 19.2 Å². The van der Waals surface area contributed by atoms with Crippen LogP contribution in [0.25, 0.3) is 0 Å². The van der Waals surface area contributed by atoms with Gasteiger partial charge in [-0.2, -0.15) is 0 Å². The molecule has 4 nitrogen and oxygen atoms in total. The summed E-state index contributed by atoms with van der Waals surface area (Å²) < 4.78 is 5.72. The molecule has 2 aliphatic rings. The molecule has 0 radical (unpaired) electrons. The predicted octanol–water partition coefficient (Wildman–Crippen LogP) is 1.36. The Labute approximate surface area is 104 Å². The lowest BCUT2D eigenvalue weighted by atomic mass is 10.1. The van der Waals surface area contributed by atoms with Gasteiger partial charge in [0.25, 0.3) is 0 Å². The summed E-state index contributed by atoms with van der Waals surface area (Å²) in [5, 5.41) is 3.30. The van der Waals surface area contributed by atoms with Crippen LogP contribution in [0.3, 0.4) is 0 Å². The van der Waals surface area contributed by atoms with Crippen LogP contribution in [0.2, 0.25) is 0 Å².